The van der Waals surface area contributed by atoms with E-state index in [9.17, 15) is 5.11 Å². The third-order valence-electron chi connectivity index (χ3n) is 2.03. The topological polar surface area (TPSA) is 50.9 Å². The van der Waals surface area contributed by atoms with Crippen molar-refractivity contribution in [1.82, 2.24) is 15.0 Å². The van der Waals surface area contributed by atoms with E-state index in [0.717, 1.165) is 24.1 Å². The highest BCUT2D eigenvalue weighted by molar-refractivity contribution is 5.64. The van der Waals surface area contributed by atoms with E-state index in [1.165, 1.54) is 0 Å². The van der Waals surface area contributed by atoms with E-state index >= 15 is 0 Å². The summed E-state index contributed by atoms with van der Waals surface area (Å²) in [5.41, 5.74) is 1.99. The molecule has 1 atom stereocenters. The summed E-state index contributed by atoms with van der Waals surface area (Å²) in [6.07, 6.45) is 5.14. The molecule has 12 heavy (non-hydrogen) atoms. The highest BCUT2D eigenvalue weighted by Gasteiger charge is 2.16. The van der Waals surface area contributed by atoms with Crippen molar-refractivity contribution in [1.29, 1.82) is 0 Å². The van der Waals surface area contributed by atoms with Gasteiger partial charge in [-0.15, -0.1) is 5.10 Å². The normalized spacial score (nSPS) is 22.8. The van der Waals surface area contributed by atoms with Crippen molar-refractivity contribution in [2.24, 2.45) is 7.05 Å². The molecule has 1 N–H and O–H groups in total. The largest absolute Gasteiger partial charge is 0.389 e. The van der Waals surface area contributed by atoms with Crippen LogP contribution in [-0.4, -0.2) is 26.2 Å². The fraction of sp³-hybridized carbons (Fsp3) is 0.500. The van der Waals surface area contributed by atoms with Crippen LogP contribution in [0.4, 0.5) is 0 Å². The van der Waals surface area contributed by atoms with Crippen LogP contribution in [0, 0.1) is 0 Å². The number of aromatic nitrogens is 3. The molecule has 1 heterocycles. The first-order valence-electron chi connectivity index (χ1n) is 4.01. The van der Waals surface area contributed by atoms with Crippen LogP contribution in [-0.2, 0) is 7.05 Å². The molecule has 0 spiro atoms. The number of rotatable bonds is 1. The molecule has 1 aromatic heterocycles. The molecule has 0 fully saturated rings. The summed E-state index contributed by atoms with van der Waals surface area (Å²) in [5, 5.41) is 17.0. The average Bonchev–Trinajstić information content (AvgIpc) is 2.58. The molecule has 0 saturated heterocycles. The van der Waals surface area contributed by atoms with Gasteiger partial charge in [0.2, 0.25) is 0 Å². The number of hydrogen-bond acceptors (Lipinski definition) is 3. The number of aliphatic hydroxyl groups is 1. The van der Waals surface area contributed by atoms with Crippen LogP contribution in [0.25, 0.3) is 5.57 Å². The predicted octanol–water partition coefficient (Wildman–Crippen LogP) is 0.353. The SMILES string of the molecule is Cn1cc(C2=CC(O)CC2)nn1. The molecule has 0 aromatic carbocycles. The van der Waals surface area contributed by atoms with Crippen LogP contribution in [0.2, 0.25) is 0 Å². The molecule has 4 heteroatoms. The van der Waals surface area contributed by atoms with Gasteiger partial charge in [-0.1, -0.05) is 11.3 Å². The minimum atomic E-state index is -0.290. The summed E-state index contributed by atoms with van der Waals surface area (Å²) in [6.45, 7) is 0. The highest BCUT2D eigenvalue weighted by Crippen LogP contribution is 2.25. The molecular formula is C8H11N3O. The van der Waals surface area contributed by atoms with Crippen LogP contribution < -0.4 is 0 Å². The van der Waals surface area contributed by atoms with E-state index in [4.69, 9.17) is 0 Å². The summed E-state index contributed by atoms with van der Waals surface area (Å²) < 4.78 is 1.67. The van der Waals surface area contributed by atoms with Crippen molar-refractivity contribution < 1.29 is 5.11 Å². The first kappa shape index (κ1) is 7.49. The lowest BCUT2D eigenvalue weighted by Crippen LogP contribution is -1.93. The molecule has 1 aliphatic rings. The summed E-state index contributed by atoms with van der Waals surface area (Å²) in [4.78, 5) is 0. The number of allylic oxidation sites excluding steroid dienone is 1. The Kier molecular flexibility index (Phi) is 1.69. The number of nitrogens with zero attached hydrogens (tertiary/aromatic N) is 3. The lowest BCUT2D eigenvalue weighted by molar-refractivity contribution is 0.223. The van der Waals surface area contributed by atoms with Gasteiger partial charge in [-0.3, -0.25) is 4.68 Å². The third-order valence-corrected chi connectivity index (χ3v) is 2.03. The van der Waals surface area contributed by atoms with E-state index < -0.39 is 0 Å². The second kappa shape index (κ2) is 2.71. The minimum Gasteiger partial charge on any atom is -0.389 e. The lowest BCUT2D eigenvalue weighted by atomic mass is 10.2. The van der Waals surface area contributed by atoms with Gasteiger partial charge in [0, 0.05) is 7.05 Å². The standard InChI is InChI=1S/C8H11N3O/c1-11-5-8(9-10-11)6-2-3-7(12)4-6/h4-5,7,12H,2-3H2,1H3. The van der Waals surface area contributed by atoms with E-state index in [2.05, 4.69) is 10.3 Å². The third kappa shape index (κ3) is 1.25. The molecule has 1 aliphatic carbocycles. The Morgan fingerprint density at radius 3 is 3.00 bits per heavy atom. The van der Waals surface area contributed by atoms with Crippen molar-refractivity contribution in [3.8, 4) is 0 Å². The van der Waals surface area contributed by atoms with Crippen LogP contribution in [0.15, 0.2) is 12.3 Å². The molecule has 1 unspecified atom stereocenters. The molecular weight excluding hydrogens is 154 g/mol. The van der Waals surface area contributed by atoms with Crippen LogP contribution in [0.5, 0.6) is 0 Å². The monoisotopic (exact) mass is 165 g/mol. The zero-order chi connectivity index (χ0) is 8.55. The quantitative estimate of drug-likeness (QED) is 0.653. The molecule has 0 aliphatic heterocycles. The maximum atomic E-state index is 9.24. The Balaban J connectivity index is 2.26. The zero-order valence-corrected chi connectivity index (χ0v) is 6.94. The van der Waals surface area contributed by atoms with Gasteiger partial charge >= 0.3 is 0 Å². The molecule has 2 rings (SSSR count). The van der Waals surface area contributed by atoms with Crippen LogP contribution in [0.3, 0.4) is 0 Å². The second-order valence-electron chi connectivity index (χ2n) is 3.08. The van der Waals surface area contributed by atoms with E-state index in [1.54, 1.807) is 4.68 Å². The Hall–Kier alpha value is -1.16. The Bertz CT molecular complexity index is 316. The fourth-order valence-electron chi connectivity index (χ4n) is 1.41. The van der Waals surface area contributed by atoms with Gasteiger partial charge in [-0.25, -0.2) is 0 Å². The first-order chi connectivity index (χ1) is 5.75. The van der Waals surface area contributed by atoms with Gasteiger partial charge in [-0.05, 0) is 18.4 Å². The van der Waals surface area contributed by atoms with E-state index in [1.807, 2.05) is 19.3 Å². The minimum absolute atomic E-state index is 0.290. The first-order valence-corrected chi connectivity index (χ1v) is 4.01. The van der Waals surface area contributed by atoms with Crippen molar-refractivity contribution in [2.75, 3.05) is 0 Å². The molecule has 4 nitrogen and oxygen atoms in total. The zero-order valence-electron chi connectivity index (χ0n) is 6.94. The maximum Gasteiger partial charge on any atom is 0.108 e. The van der Waals surface area contributed by atoms with Gasteiger partial charge in [0.15, 0.2) is 0 Å². The lowest BCUT2D eigenvalue weighted by Gasteiger charge is -1.90. The summed E-state index contributed by atoms with van der Waals surface area (Å²) >= 11 is 0. The fourth-order valence-corrected chi connectivity index (χ4v) is 1.41. The van der Waals surface area contributed by atoms with Gasteiger partial charge in [0.05, 0.1) is 12.3 Å². The predicted molar refractivity (Wildman–Crippen MR) is 44.2 cm³/mol. The molecule has 0 bridgehead atoms. The Morgan fingerprint density at radius 2 is 2.50 bits per heavy atom. The second-order valence-corrected chi connectivity index (χ2v) is 3.08. The summed E-state index contributed by atoms with van der Waals surface area (Å²) in [5.74, 6) is 0. The summed E-state index contributed by atoms with van der Waals surface area (Å²) in [7, 11) is 1.84. The highest BCUT2D eigenvalue weighted by atomic mass is 16.3. The van der Waals surface area contributed by atoms with Gasteiger partial charge in [-0.2, -0.15) is 0 Å². The van der Waals surface area contributed by atoms with E-state index in [0.29, 0.717) is 0 Å². The Morgan fingerprint density at radius 1 is 1.67 bits per heavy atom. The molecule has 0 radical (unpaired) electrons. The average molecular weight is 165 g/mol. The van der Waals surface area contributed by atoms with Gasteiger partial charge in [0.25, 0.3) is 0 Å². The van der Waals surface area contributed by atoms with Gasteiger partial charge < -0.3 is 5.11 Å². The number of aliphatic hydroxyl groups excluding tert-OH is 1. The van der Waals surface area contributed by atoms with Crippen LogP contribution >= 0.6 is 0 Å². The summed E-state index contributed by atoms with van der Waals surface area (Å²) in [6, 6.07) is 0. The van der Waals surface area contributed by atoms with Crippen LogP contribution in [0.1, 0.15) is 18.5 Å². The van der Waals surface area contributed by atoms with E-state index in [-0.39, 0.29) is 6.10 Å². The smallest absolute Gasteiger partial charge is 0.108 e. The maximum absolute atomic E-state index is 9.24. The number of hydrogen-bond donors (Lipinski definition) is 1. The van der Waals surface area contributed by atoms with Crippen molar-refractivity contribution in [3.05, 3.63) is 18.0 Å². The van der Waals surface area contributed by atoms with Crippen molar-refractivity contribution >= 4 is 5.57 Å². The molecule has 64 valence electrons. The molecule has 0 amide bonds. The van der Waals surface area contributed by atoms with Gasteiger partial charge in [0.1, 0.15) is 5.69 Å². The molecule has 0 saturated carbocycles. The van der Waals surface area contributed by atoms with Crippen molar-refractivity contribution in [3.63, 3.8) is 0 Å². The van der Waals surface area contributed by atoms with Crippen molar-refractivity contribution in [2.45, 2.75) is 18.9 Å². The Labute approximate surface area is 70.5 Å². The number of aryl methyl sites for hydroxylation is 1. The molecule has 1 aromatic rings.